The van der Waals surface area contributed by atoms with E-state index >= 15 is 0 Å². The maximum atomic E-state index is 13.1. The van der Waals surface area contributed by atoms with Crippen LogP contribution < -0.4 is 11.3 Å². The molecule has 1 atom stereocenters. The first kappa shape index (κ1) is 24.0. The average Bonchev–Trinajstić information content (AvgIpc) is 2.75. The highest BCUT2D eigenvalue weighted by Gasteiger charge is 2.25. The van der Waals surface area contributed by atoms with Gasteiger partial charge in [-0.05, 0) is 38.3 Å². The minimum Gasteiger partial charge on any atom is -0.383 e. The van der Waals surface area contributed by atoms with Crippen molar-refractivity contribution in [3.63, 3.8) is 0 Å². The summed E-state index contributed by atoms with van der Waals surface area (Å²) >= 11 is 0. The highest BCUT2D eigenvalue weighted by Crippen LogP contribution is 2.21. The van der Waals surface area contributed by atoms with E-state index in [1.807, 2.05) is 25.1 Å². The molecule has 166 valence electrons. The van der Waals surface area contributed by atoms with Crippen LogP contribution in [0.15, 0.2) is 29.1 Å². The average molecular weight is 420 g/mol. The van der Waals surface area contributed by atoms with Crippen molar-refractivity contribution in [3.05, 3.63) is 40.4 Å². The Morgan fingerprint density at radius 1 is 1.17 bits per heavy atom. The van der Waals surface area contributed by atoms with Gasteiger partial charge in [-0.3, -0.25) is 14.2 Å². The molecule has 30 heavy (non-hydrogen) atoms. The highest BCUT2D eigenvalue weighted by atomic mass is 16.5. The Kier molecular flexibility index (Phi) is 9.93. The number of aromatic nitrogens is 2. The van der Waals surface area contributed by atoms with Crippen molar-refractivity contribution in [2.75, 3.05) is 40.5 Å². The number of ether oxygens (including phenoxy) is 2. The quantitative estimate of drug-likeness (QED) is 0.494. The van der Waals surface area contributed by atoms with Crippen LogP contribution in [0, 0.1) is 0 Å². The van der Waals surface area contributed by atoms with Crippen molar-refractivity contribution < 1.29 is 20.0 Å². The Morgan fingerprint density at radius 3 is 2.60 bits per heavy atom. The standard InChI is InChI=1S/C22H34N4O4/c1-17(25(20(27)16-30-3)13-9-5-4-8-12-23)21-24-19-11-7-6-10-18(19)22(28)26(21)14-15-29-2/h6-7,10-11,17H,4-5,8-9,12-16,23H2,1-3H3/p+1/t17-/m0/s1. The Bertz CT molecular complexity index is 868. The van der Waals surface area contributed by atoms with Crippen LogP contribution in [0.25, 0.3) is 10.9 Å². The van der Waals surface area contributed by atoms with Crippen molar-refractivity contribution in [2.24, 2.45) is 0 Å². The number of carbonyl (C=O) groups excluding carboxylic acids is 1. The SMILES string of the molecule is COCCn1c([C@H](C)N(CCCCCC[NH3+])C(=O)COC)nc2ccccc2c1=O. The molecule has 2 rings (SSSR count). The molecule has 1 heterocycles. The summed E-state index contributed by atoms with van der Waals surface area (Å²) in [6.07, 6.45) is 4.09. The lowest BCUT2D eigenvalue weighted by atomic mass is 10.1. The predicted molar refractivity (Wildman–Crippen MR) is 116 cm³/mol. The van der Waals surface area contributed by atoms with Gasteiger partial charge in [-0.25, -0.2) is 4.98 Å². The molecule has 0 bridgehead atoms. The predicted octanol–water partition coefficient (Wildman–Crippen LogP) is 1.38. The summed E-state index contributed by atoms with van der Waals surface area (Å²) in [6.45, 7) is 4.20. The van der Waals surface area contributed by atoms with Crippen molar-refractivity contribution in [1.29, 1.82) is 0 Å². The molecule has 0 aliphatic heterocycles. The number of methoxy groups -OCH3 is 2. The van der Waals surface area contributed by atoms with Crippen LogP contribution in [0.2, 0.25) is 0 Å². The normalized spacial score (nSPS) is 12.3. The monoisotopic (exact) mass is 419 g/mol. The van der Waals surface area contributed by atoms with E-state index in [1.54, 1.807) is 22.6 Å². The van der Waals surface area contributed by atoms with E-state index in [2.05, 4.69) is 5.73 Å². The fourth-order valence-corrected chi connectivity index (χ4v) is 3.60. The molecule has 0 spiro atoms. The number of nitrogens with zero attached hydrogens (tertiary/aromatic N) is 3. The van der Waals surface area contributed by atoms with Gasteiger partial charge >= 0.3 is 0 Å². The second kappa shape index (κ2) is 12.4. The molecule has 0 aliphatic carbocycles. The van der Waals surface area contributed by atoms with Crippen molar-refractivity contribution >= 4 is 16.8 Å². The zero-order chi connectivity index (χ0) is 21.9. The number of hydrogen-bond acceptors (Lipinski definition) is 5. The molecule has 0 radical (unpaired) electrons. The van der Waals surface area contributed by atoms with E-state index in [1.165, 1.54) is 7.11 Å². The Labute approximate surface area is 178 Å². The summed E-state index contributed by atoms with van der Waals surface area (Å²) in [4.78, 5) is 32.5. The third-order valence-electron chi connectivity index (χ3n) is 5.24. The maximum Gasteiger partial charge on any atom is 0.261 e. The molecular weight excluding hydrogens is 384 g/mol. The molecule has 3 N–H and O–H groups in total. The van der Waals surface area contributed by atoms with E-state index in [-0.39, 0.29) is 24.1 Å². The van der Waals surface area contributed by atoms with Gasteiger partial charge in [-0.15, -0.1) is 0 Å². The maximum absolute atomic E-state index is 13.1. The first-order chi connectivity index (χ1) is 14.5. The molecule has 8 heteroatoms. The molecular formula is C22H35N4O4+. The molecule has 0 unspecified atom stereocenters. The second-order valence-corrected chi connectivity index (χ2v) is 7.40. The Balaban J connectivity index is 2.39. The fraction of sp³-hybridized carbons (Fsp3) is 0.591. The van der Waals surface area contributed by atoms with Crippen LogP contribution in [0.1, 0.15) is 44.5 Å². The van der Waals surface area contributed by atoms with Crippen molar-refractivity contribution in [3.8, 4) is 0 Å². The van der Waals surface area contributed by atoms with Gasteiger partial charge in [0, 0.05) is 20.8 Å². The van der Waals surface area contributed by atoms with Gasteiger partial charge in [-0.1, -0.05) is 18.6 Å². The molecule has 0 saturated carbocycles. The summed E-state index contributed by atoms with van der Waals surface area (Å²) < 4.78 is 11.9. The molecule has 1 aromatic heterocycles. The van der Waals surface area contributed by atoms with Gasteiger partial charge in [0.2, 0.25) is 5.91 Å². The third-order valence-corrected chi connectivity index (χ3v) is 5.24. The van der Waals surface area contributed by atoms with Gasteiger partial charge in [0.1, 0.15) is 12.4 Å². The summed E-state index contributed by atoms with van der Waals surface area (Å²) in [5.74, 6) is 0.459. The summed E-state index contributed by atoms with van der Waals surface area (Å²) in [6, 6.07) is 6.93. The van der Waals surface area contributed by atoms with Gasteiger partial charge < -0.3 is 20.1 Å². The number of rotatable bonds is 13. The third kappa shape index (κ3) is 6.10. The largest absolute Gasteiger partial charge is 0.383 e. The summed E-state index contributed by atoms with van der Waals surface area (Å²) in [5, 5.41) is 0.562. The minimum absolute atomic E-state index is 0.000888. The second-order valence-electron chi connectivity index (χ2n) is 7.40. The van der Waals surface area contributed by atoms with Crippen LogP contribution in [0.3, 0.4) is 0 Å². The van der Waals surface area contributed by atoms with Crippen LogP contribution in [0.4, 0.5) is 0 Å². The topological polar surface area (TPSA) is 101 Å². The van der Waals surface area contributed by atoms with E-state index in [4.69, 9.17) is 14.5 Å². The van der Waals surface area contributed by atoms with E-state index in [0.717, 1.165) is 32.2 Å². The Hall–Kier alpha value is -2.29. The molecule has 1 aromatic carbocycles. The number of amides is 1. The zero-order valence-electron chi connectivity index (χ0n) is 18.4. The number of quaternary nitrogens is 1. The number of carbonyl (C=O) groups is 1. The van der Waals surface area contributed by atoms with Crippen LogP contribution in [0.5, 0.6) is 0 Å². The van der Waals surface area contributed by atoms with Gasteiger partial charge in [-0.2, -0.15) is 0 Å². The van der Waals surface area contributed by atoms with Crippen molar-refractivity contribution in [1.82, 2.24) is 14.5 Å². The molecule has 0 saturated heterocycles. The zero-order valence-corrected chi connectivity index (χ0v) is 18.4. The lowest BCUT2D eigenvalue weighted by Gasteiger charge is -2.30. The highest BCUT2D eigenvalue weighted by molar-refractivity contribution is 5.79. The van der Waals surface area contributed by atoms with Gasteiger partial charge in [0.05, 0.1) is 36.6 Å². The summed E-state index contributed by atoms with van der Waals surface area (Å²) in [7, 11) is 3.11. The lowest BCUT2D eigenvalue weighted by Crippen LogP contribution is -2.50. The number of hydrogen-bond donors (Lipinski definition) is 1. The first-order valence-electron chi connectivity index (χ1n) is 10.6. The van der Waals surface area contributed by atoms with Gasteiger partial charge in [0.15, 0.2) is 0 Å². The smallest absolute Gasteiger partial charge is 0.261 e. The number of para-hydroxylation sites is 1. The number of fused-ring (bicyclic) bond motifs is 1. The van der Waals surface area contributed by atoms with E-state index in [9.17, 15) is 9.59 Å². The van der Waals surface area contributed by atoms with E-state index < -0.39 is 0 Å². The van der Waals surface area contributed by atoms with E-state index in [0.29, 0.717) is 36.4 Å². The van der Waals surface area contributed by atoms with Gasteiger partial charge in [0.25, 0.3) is 5.56 Å². The van der Waals surface area contributed by atoms with Crippen molar-refractivity contribution in [2.45, 2.75) is 45.2 Å². The lowest BCUT2D eigenvalue weighted by molar-refractivity contribution is -0.368. The Morgan fingerprint density at radius 2 is 1.90 bits per heavy atom. The van der Waals surface area contributed by atoms with Crippen LogP contribution in [-0.2, 0) is 20.8 Å². The number of unbranched alkanes of at least 4 members (excludes halogenated alkanes) is 3. The van der Waals surface area contributed by atoms with Crippen LogP contribution >= 0.6 is 0 Å². The number of benzene rings is 1. The fourth-order valence-electron chi connectivity index (χ4n) is 3.60. The molecule has 0 fully saturated rings. The molecule has 1 amide bonds. The van der Waals surface area contributed by atoms with Crippen LogP contribution in [-0.4, -0.2) is 60.9 Å². The molecule has 8 nitrogen and oxygen atoms in total. The minimum atomic E-state index is -0.366. The first-order valence-corrected chi connectivity index (χ1v) is 10.6. The molecule has 0 aliphatic rings. The summed E-state index contributed by atoms with van der Waals surface area (Å²) in [5.41, 5.74) is 4.39. The molecule has 2 aromatic rings.